The molecule has 24 heavy (non-hydrogen) atoms. The van der Waals surface area contributed by atoms with E-state index in [9.17, 15) is 0 Å². The second-order valence-electron chi connectivity index (χ2n) is 6.21. The molecule has 2 aromatic heterocycles. The van der Waals surface area contributed by atoms with Gasteiger partial charge in [-0.1, -0.05) is 30.3 Å². The largest absolute Gasteiger partial charge is 0.394 e. The zero-order chi connectivity index (χ0) is 16.4. The molecule has 1 fully saturated rings. The van der Waals surface area contributed by atoms with Crippen LogP contribution in [0.3, 0.4) is 0 Å². The lowest BCUT2D eigenvalue weighted by molar-refractivity contribution is 0.271. The average Bonchev–Trinajstić information content (AvgIpc) is 3.23. The maximum atomic E-state index is 9.17. The van der Waals surface area contributed by atoms with Crippen LogP contribution in [0.2, 0.25) is 0 Å². The van der Waals surface area contributed by atoms with Gasteiger partial charge >= 0.3 is 0 Å². The number of hydrogen-bond donors (Lipinski definition) is 1. The Hall–Kier alpha value is -2.47. The van der Waals surface area contributed by atoms with Crippen molar-refractivity contribution in [1.29, 1.82) is 0 Å². The zero-order valence-corrected chi connectivity index (χ0v) is 13.5. The molecule has 1 atom stereocenters. The Morgan fingerprint density at radius 1 is 1.17 bits per heavy atom. The van der Waals surface area contributed by atoms with Gasteiger partial charge in [-0.3, -0.25) is 0 Å². The molecular formula is C18H21N5O. The number of aromatic nitrogens is 4. The third-order valence-corrected chi connectivity index (χ3v) is 4.69. The fourth-order valence-electron chi connectivity index (χ4n) is 3.58. The van der Waals surface area contributed by atoms with E-state index in [0.29, 0.717) is 12.6 Å². The van der Waals surface area contributed by atoms with Gasteiger partial charge in [-0.25, -0.2) is 14.6 Å². The van der Waals surface area contributed by atoms with E-state index in [1.165, 1.54) is 18.4 Å². The van der Waals surface area contributed by atoms with Crippen LogP contribution in [0.15, 0.2) is 42.9 Å². The van der Waals surface area contributed by atoms with E-state index < -0.39 is 0 Å². The smallest absolute Gasteiger partial charge is 0.163 e. The summed E-state index contributed by atoms with van der Waals surface area (Å²) in [4.78, 5) is 11.3. The second kappa shape index (κ2) is 6.57. The topological polar surface area (TPSA) is 67.1 Å². The fourth-order valence-corrected chi connectivity index (χ4v) is 3.58. The Kier molecular flexibility index (Phi) is 4.13. The molecule has 6 heteroatoms. The lowest BCUT2D eigenvalue weighted by Gasteiger charge is -2.26. The van der Waals surface area contributed by atoms with Crippen LogP contribution < -0.4 is 4.90 Å². The first kappa shape index (κ1) is 15.1. The van der Waals surface area contributed by atoms with Crippen LogP contribution in [-0.4, -0.2) is 44.0 Å². The third-order valence-electron chi connectivity index (χ3n) is 4.69. The van der Waals surface area contributed by atoms with Gasteiger partial charge in [-0.2, -0.15) is 5.10 Å². The Bertz CT molecular complexity index is 817. The normalized spacial score (nSPS) is 17.7. The molecule has 0 unspecified atom stereocenters. The molecule has 1 aliphatic rings. The number of aliphatic hydroxyl groups excluding tert-OH is 1. The molecule has 1 aliphatic heterocycles. The van der Waals surface area contributed by atoms with Gasteiger partial charge in [0.15, 0.2) is 5.65 Å². The van der Waals surface area contributed by atoms with Gasteiger partial charge < -0.3 is 10.0 Å². The van der Waals surface area contributed by atoms with Crippen LogP contribution in [0, 0.1) is 0 Å². The minimum absolute atomic E-state index is 0.0520. The summed E-state index contributed by atoms with van der Waals surface area (Å²) in [5, 5.41) is 14.5. The molecule has 1 saturated heterocycles. The predicted octanol–water partition coefficient (Wildman–Crippen LogP) is 2.03. The first-order chi connectivity index (χ1) is 11.9. The quantitative estimate of drug-likeness (QED) is 0.778. The lowest BCUT2D eigenvalue weighted by Crippen LogP contribution is -2.31. The summed E-state index contributed by atoms with van der Waals surface area (Å²) in [5.41, 5.74) is 2.15. The van der Waals surface area contributed by atoms with Crippen molar-refractivity contribution in [2.45, 2.75) is 31.8 Å². The first-order valence-corrected chi connectivity index (χ1v) is 8.45. The van der Waals surface area contributed by atoms with Gasteiger partial charge in [0.05, 0.1) is 24.7 Å². The molecule has 4 rings (SSSR count). The van der Waals surface area contributed by atoms with E-state index in [4.69, 9.17) is 5.11 Å². The van der Waals surface area contributed by atoms with Crippen LogP contribution >= 0.6 is 0 Å². The molecule has 1 aromatic carbocycles. The summed E-state index contributed by atoms with van der Waals surface area (Å²) in [7, 11) is 0. The Labute approximate surface area is 140 Å². The minimum Gasteiger partial charge on any atom is -0.394 e. The van der Waals surface area contributed by atoms with Gasteiger partial charge in [-0.05, 0) is 24.8 Å². The third kappa shape index (κ3) is 2.73. The molecule has 3 aromatic rings. The van der Waals surface area contributed by atoms with Crippen molar-refractivity contribution < 1.29 is 5.11 Å². The van der Waals surface area contributed by atoms with E-state index in [1.54, 1.807) is 11.0 Å². The summed E-state index contributed by atoms with van der Waals surface area (Å²) in [5.74, 6) is 0.961. The number of hydrogen-bond acceptors (Lipinski definition) is 5. The Morgan fingerprint density at radius 2 is 2.04 bits per heavy atom. The predicted molar refractivity (Wildman–Crippen MR) is 92.9 cm³/mol. The number of rotatable bonds is 5. The van der Waals surface area contributed by atoms with Crippen molar-refractivity contribution in [3.05, 3.63) is 48.4 Å². The molecule has 0 aliphatic carbocycles. The molecule has 1 N–H and O–H groups in total. The molecular weight excluding hydrogens is 302 g/mol. The van der Waals surface area contributed by atoms with Crippen molar-refractivity contribution in [3.63, 3.8) is 0 Å². The van der Waals surface area contributed by atoms with Crippen LogP contribution in [-0.2, 0) is 13.0 Å². The summed E-state index contributed by atoms with van der Waals surface area (Å²) >= 11 is 0. The van der Waals surface area contributed by atoms with Crippen LogP contribution in [0.1, 0.15) is 18.4 Å². The highest BCUT2D eigenvalue weighted by Gasteiger charge is 2.28. The van der Waals surface area contributed by atoms with Gasteiger partial charge in [0, 0.05) is 12.6 Å². The highest BCUT2D eigenvalue weighted by molar-refractivity contribution is 5.87. The highest BCUT2D eigenvalue weighted by Crippen LogP contribution is 2.30. The van der Waals surface area contributed by atoms with Crippen LogP contribution in [0.4, 0.5) is 5.82 Å². The molecule has 3 heterocycles. The number of aliphatic hydroxyl groups is 1. The van der Waals surface area contributed by atoms with E-state index in [1.807, 2.05) is 6.20 Å². The van der Waals surface area contributed by atoms with Crippen LogP contribution in [0.25, 0.3) is 11.0 Å². The monoisotopic (exact) mass is 323 g/mol. The Morgan fingerprint density at radius 3 is 2.88 bits per heavy atom. The minimum atomic E-state index is 0.0520. The maximum absolute atomic E-state index is 9.17. The van der Waals surface area contributed by atoms with Gasteiger partial charge in [0.2, 0.25) is 0 Å². The fraction of sp³-hybridized carbons (Fsp3) is 0.389. The van der Waals surface area contributed by atoms with E-state index in [2.05, 4.69) is 50.3 Å². The van der Waals surface area contributed by atoms with Crippen molar-refractivity contribution in [3.8, 4) is 0 Å². The standard InChI is InChI=1S/C18H21N5O/c24-10-9-23-18-16(12-21-23)17(19-13-20-18)22-8-4-7-15(22)11-14-5-2-1-3-6-14/h1-3,5-6,12-13,15,24H,4,7-11H2/t15-/m1/s1. The van der Waals surface area contributed by atoms with E-state index >= 15 is 0 Å². The van der Waals surface area contributed by atoms with Crippen molar-refractivity contribution >= 4 is 16.9 Å². The number of anilines is 1. The molecule has 0 bridgehead atoms. The molecule has 0 saturated carbocycles. The molecule has 0 radical (unpaired) electrons. The van der Waals surface area contributed by atoms with Crippen molar-refractivity contribution in [2.75, 3.05) is 18.1 Å². The van der Waals surface area contributed by atoms with Crippen LogP contribution in [0.5, 0.6) is 0 Å². The molecule has 0 spiro atoms. The molecule has 0 amide bonds. The van der Waals surface area contributed by atoms with Crippen molar-refractivity contribution in [2.24, 2.45) is 0 Å². The lowest BCUT2D eigenvalue weighted by atomic mass is 10.0. The van der Waals surface area contributed by atoms with E-state index in [-0.39, 0.29) is 6.61 Å². The first-order valence-electron chi connectivity index (χ1n) is 8.45. The SMILES string of the molecule is OCCn1ncc2c(N3CCC[C@@H]3Cc3ccccc3)ncnc21. The summed E-state index contributed by atoms with van der Waals surface area (Å²) in [6, 6.07) is 11.1. The highest BCUT2D eigenvalue weighted by atomic mass is 16.3. The molecule has 6 nitrogen and oxygen atoms in total. The number of fused-ring (bicyclic) bond motifs is 1. The number of nitrogens with zero attached hydrogens (tertiary/aromatic N) is 5. The summed E-state index contributed by atoms with van der Waals surface area (Å²) < 4.78 is 1.74. The van der Waals surface area contributed by atoms with Gasteiger partial charge in [0.1, 0.15) is 12.1 Å². The maximum Gasteiger partial charge on any atom is 0.163 e. The van der Waals surface area contributed by atoms with E-state index in [0.717, 1.165) is 29.8 Å². The number of benzene rings is 1. The zero-order valence-electron chi connectivity index (χ0n) is 13.5. The van der Waals surface area contributed by atoms with Gasteiger partial charge in [-0.15, -0.1) is 0 Å². The van der Waals surface area contributed by atoms with Gasteiger partial charge in [0.25, 0.3) is 0 Å². The summed E-state index contributed by atoms with van der Waals surface area (Å²) in [6.07, 6.45) is 6.79. The second-order valence-corrected chi connectivity index (χ2v) is 6.21. The summed E-state index contributed by atoms with van der Waals surface area (Å²) in [6.45, 7) is 1.51. The molecule has 124 valence electrons. The Balaban J connectivity index is 1.66. The van der Waals surface area contributed by atoms with Crippen molar-refractivity contribution in [1.82, 2.24) is 19.7 Å². The average molecular weight is 323 g/mol.